The molecule has 1 aliphatic rings. The van der Waals surface area contributed by atoms with Gasteiger partial charge < -0.3 is 23.7 Å². The normalized spacial score (nSPS) is 15.8. The van der Waals surface area contributed by atoms with Crippen LogP contribution < -0.4 is 19.1 Å². The number of ketones is 1. The first kappa shape index (κ1) is 30.9. The Labute approximate surface area is 280 Å². The largest absolute Gasteiger partial charge is 0.505 e. The van der Waals surface area contributed by atoms with E-state index in [0.717, 1.165) is 15.8 Å². The van der Waals surface area contributed by atoms with Gasteiger partial charge in [-0.2, -0.15) is 0 Å². The summed E-state index contributed by atoms with van der Waals surface area (Å²) in [5, 5.41) is 12.2. The smallest absolute Gasteiger partial charge is 0.301 e. The van der Waals surface area contributed by atoms with Gasteiger partial charge in [0, 0.05) is 6.20 Å². The molecule has 1 aliphatic heterocycles. The van der Waals surface area contributed by atoms with Crippen molar-refractivity contribution in [1.82, 2.24) is 14.4 Å². The monoisotopic (exact) mass is 660 g/mol. The highest BCUT2D eigenvalue weighted by Crippen LogP contribution is 2.46. The Hall–Kier alpha value is -5.68. The van der Waals surface area contributed by atoms with Crippen LogP contribution in [-0.2, 0) is 16.2 Å². The molecular formula is C37H32N4O6S. The zero-order chi connectivity index (χ0) is 33.5. The standard InChI is InChI=1S/C37H32N4O6S/c1-5-46-25-14-15-26-29(19-25)48-37(38-26)41-32(24-13-16-27(28(18-24)45-4)47-20-23-11-7-6-8-12-23)30(34(43)36(41)44)33(42)31-22(3)40-17-9-10-21(2)35(40)39-31/h6-19,32,42H,5,20H2,1-4H3/b33-30+. The summed E-state index contributed by atoms with van der Waals surface area (Å²) < 4.78 is 20.1. The average Bonchev–Trinajstić information content (AvgIpc) is 3.75. The molecule has 4 heterocycles. The van der Waals surface area contributed by atoms with E-state index in [-0.39, 0.29) is 17.0 Å². The molecular weight excluding hydrogens is 628 g/mol. The van der Waals surface area contributed by atoms with Gasteiger partial charge in [-0.25, -0.2) is 9.97 Å². The number of hydrogen-bond acceptors (Lipinski definition) is 9. The second-order valence-corrected chi connectivity index (χ2v) is 12.4. The van der Waals surface area contributed by atoms with Crippen LogP contribution in [0.15, 0.2) is 90.6 Å². The van der Waals surface area contributed by atoms with E-state index < -0.39 is 17.7 Å². The molecule has 1 N–H and O–H groups in total. The van der Waals surface area contributed by atoms with Gasteiger partial charge in [0.15, 0.2) is 22.4 Å². The summed E-state index contributed by atoms with van der Waals surface area (Å²) in [6.07, 6.45) is 1.84. The predicted molar refractivity (Wildman–Crippen MR) is 184 cm³/mol. The Morgan fingerprint density at radius 3 is 2.50 bits per heavy atom. The summed E-state index contributed by atoms with van der Waals surface area (Å²) in [7, 11) is 1.53. The summed E-state index contributed by atoms with van der Waals surface area (Å²) in [5.41, 5.74) is 4.43. The van der Waals surface area contributed by atoms with Crippen LogP contribution in [0.1, 0.15) is 41.0 Å². The topological polar surface area (TPSA) is 115 Å². The van der Waals surface area contributed by atoms with E-state index in [1.165, 1.54) is 23.3 Å². The van der Waals surface area contributed by atoms with Gasteiger partial charge in [0.1, 0.15) is 23.7 Å². The molecule has 0 bridgehead atoms. The van der Waals surface area contributed by atoms with E-state index in [1.54, 1.807) is 18.2 Å². The predicted octanol–water partition coefficient (Wildman–Crippen LogP) is 7.17. The van der Waals surface area contributed by atoms with E-state index in [9.17, 15) is 14.7 Å². The third kappa shape index (κ3) is 5.31. The molecule has 0 aliphatic carbocycles. The number of amides is 1. The van der Waals surface area contributed by atoms with E-state index in [0.29, 0.717) is 58.0 Å². The Bertz CT molecular complexity index is 2240. The van der Waals surface area contributed by atoms with Crippen molar-refractivity contribution in [3.8, 4) is 17.2 Å². The van der Waals surface area contributed by atoms with Crippen LogP contribution in [-0.4, -0.2) is 44.9 Å². The van der Waals surface area contributed by atoms with Crippen molar-refractivity contribution in [2.45, 2.75) is 33.4 Å². The fourth-order valence-corrected chi connectivity index (χ4v) is 7.00. The number of hydrogen-bond donors (Lipinski definition) is 1. The fourth-order valence-electron chi connectivity index (χ4n) is 5.98. The summed E-state index contributed by atoms with van der Waals surface area (Å²) in [5.74, 6) is -0.469. The zero-order valence-electron chi connectivity index (χ0n) is 26.8. The Morgan fingerprint density at radius 2 is 1.75 bits per heavy atom. The van der Waals surface area contributed by atoms with E-state index >= 15 is 0 Å². The minimum Gasteiger partial charge on any atom is -0.505 e. The van der Waals surface area contributed by atoms with Crippen LogP contribution in [0, 0.1) is 13.8 Å². The van der Waals surface area contributed by atoms with Crippen molar-refractivity contribution in [3.05, 3.63) is 119 Å². The molecule has 48 heavy (non-hydrogen) atoms. The summed E-state index contributed by atoms with van der Waals surface area (Å²) in [6.45, 7) is 6.45. The second kappa shape index (κ2) is 12.5. The maximum Gasteiger partial charge on any atom is 0.301 e. The Kier molecular flexibility index (Phi) is 8.06. The first-order valence-corrected chi connectivity index (χ1v) is 16.2. The van der Waals surface area contributed by atoms with Crippen molar-refractivity contribution in [3.63, 3.8) is 0 Å². The van der Waals surface area contributed by atoms with Gasteiger partial charge in [-0.3, -0.25) is 14.5 Å². The van der Waals surface area contributed by atoms with Crippen molar-refractivity contribution < 1.29 is 28.9 Å². The summed E-state index contributed by atoms with van der Waals surface area (Å²) in [6, 6.07) is 23.2. The van der Waals surface area contributed by atoms with Crippen LogP contribution in [0.4, 0.5) is 5.13 Å². The summed E-state index contributed by atoms with van der Waals surface area (Å²) in [4.78, 5) is 38.7. The molecule has 6 aromatic rings. The van der Waals surface area contributed by atoms with Gasteiger partial charge in [-0.05, 0) is 73.9 Å². The molecule has 10 nitrogen and oxygen atoms in total. The lowest BCUT2D eigenvalue weighted by molar-refractivity contribution is -0.132. The molecule has 0 radical (unpaired) electrons. The van der Waals surface area contributed by atoms with Crippen LogP contribution >= 0.6 is 11.3 Å². The minimum absolute atomic E-state index is 0.0987. The van der Waals surface area contributed by atoms with Crippen LogP contribution in [0.25, 0.3) is 21.6 Å². The molecule has 11 heteroatoms. The van der Waals surface area contributed by atoms with E-state index in [4.69, 9.17) is 24.2 Å². The van der Waals surface area contributed by atoms with Crippen LogP contribution in [0.2, 0.25) is 0 Å². The first-order chi connectivity index (χ1) is 23.3. The van der Waals surface area contributed by atoms with E-state index in [2.05, 4.69) is 0 Å². The molecule has 1 saturated heterocycles. The Morgan fingerprint density at radius 1 is 0.938 bits per heavy atom. The third-order valence-electron chi connectivity index (χ3n) is 8.36. The van der Waals surface area contributed by atoms with Gasteiger partial charge in [0.05, 0.1) is 41.2 Å². The number of aryl methyl sites for hydroxylation is 2. The quantitative estimate of drug-likeness (QED) is 0.0986. The number of imidazole rings is 1. The van der Waals surface area contributed by atoms with Crippen molar-refractivity contribution in [1.29, 1.82) is 0 Å². The summed E-state index contributed by atoms with van der Waals surface area (Å²) >= 11 is 1.26. The number of anilines is 1. The number of rotatable bonds is 9. The lowest BCUT2D eigenvalue weighted by Gasteiger charge is -2.23. The number of pyridine rings is 1. The Balaban J connectivity index is 1.38. The number of fused-ring (bicyclic) bond motifs is 2. The molecule has 0 spiro atoms. The van der Waals surface area contributed by atoms with Crippen LogP contribution in [0.5, 0.6) is 17.2 Å². The number of thiazole rings is 1. The number of benzene rings is 3. The number of Topliss-reactive ketones (excluding diaryl/α,β-unsaturated/α-hetero) is 1. The molecule has 1 fully saturated rings. The number of aromatic nitrogens is 3. The fraction of sp³-hybridized carbons (Fsp3) is 0.189. The molecule has 3 aromatic carbocycles. The van der Waals surface area contributed by atoms with E-state index in [1.807, 2.05) is 92.0 Å². The van der Waals surface area contributed by atoms with Gasteiger partial charge in [0.25, 0.3) is 5.78 Å². The van der Waals surface area contributed by atoms with Crippen molar-refractivity contribution in [2.75, 3.05) is 18.6 Å². The van der Waals surface area contributed by atoms with Crippen LogP contribution in [0.3, 0.4) is 0 Å². The molecule has 1 amide bonds. The lowest BCUT2D eigenvalue weighted by Crippen LogP contribution is -2.29. The third-order valence-corrected chi connectivity index (χ3v) is 9.38. The number of nitrogens with zero attached hydrogens (tertiary/aromatic N) is 4. The number of carbonyl (C=O) groups excluding carboxylic acids is 2. The maximum absolute atomic E-state index is 14.0. The van der Waals surface area contributed by atoms with Gasteiger partial charge in [-0.1, -0.05) is 53.8 Å². The van der Waals surface area contributed by atoms with Gasteiger partial charge >= 0.3 is 5.91 Å². The number of ether oxygens (including phenoxy) is 3. The van der Waals surface area contributed by atoms with Crippen molar-refractivity contribution >= 4 is 49.8 Å². The molecule has 1 atom stereocenters. The molecule has 242 valence electrons. The lowest BCUT2D eigenvalue weighted by atomic mass is 9.96. The number of methoxy groups -OCH3 is 1. The van der Waals surface area contributed by atoms with Gasteiger partial charge in [-0.15, -0.1) is 0 Å². The minimum atomic E-state index is -1.04. The highest BCUT2D eigenvalue weighted by Gasteiger charge is 2.49. The zero-order valence-corrected chi connectivity index (χ0v) is 27.6. The molecule has 3 aromatic heterocycles. The molecule has 7 rings (SSSR count). The first-order valence-electron chi connectivity index (χ1n) is 15.4. The molecule has 0 saturated carbocycles. The second-order valence-electron chi connectivity index (χ2n) is 11.3. The average molecular weight is 661 g/mol. The van der Waals surface area contributed by atoms with Crippen molar-refractivity contribution in [2.24, 2.45) is 0 Å². The number of aliphatic hydroxyl groups is 1. The van der Waals surface area contributed by atoms with Gasteiger partial charge in [0.2, 0.25) is 0 Å². The number of carbonyl (C=O) groups is 2. The maximum atomic E-state index is 14.0. The molecule has 1 unspecified atom stereocenters. The highest BCUT2D eigenvalue weighted by atomic mass is 32.1. The number of aliphatic hydroxyl groups excluding tert-OH is 1. The highest BCUT2D eigenvalue weighted by molar-refractivity contribution is 7.22. The SMILES string of the molecule is CCOc1ccc2nc(N3C(=O)C(=O)/C(=C(/O)c4nc5c(C)cccn5c4C)C3c3ccc(OCc4ccccc4)c(OC)c3)sc2c1.